The van der Waals surface area contributed by atoms with Gasteiger partial charge in [-0.2, -0.15) is 0 Å². The molecule has 0 fully saturated rings. The molecule has 1 aromatic heterocycles. The second-order valence-corrected chi connectivity index (χ2v) is 3.61. The van der Waals surface area contributed by atoms with Crippen LogP contribution < -0.4 is 5.32 Å². The molecule has 0 aromatic carbocycles. The predicted molar refractivity (Wildman–Crippen MR) is 65.2 cm³/mol. The fourth-order valence-electron chi connectivity index (χ4n) is 1.44. The number of hydrogen-bond acceptors (Lipinski definition) is 4. The van der Waals surface area contributed by atoms with Crippen LogP contribution in [0.1, 0.15) is 19.0 Å². The van der Waals surface area contributed by atoms with Gasteiger partial charge in [-0.25, -0.2) is 14.6 Å². The molecule has 0 bridgehead atoms. The maximum absolute atomic E-state index is 10.9. The molecule has 6 heteroatoms. The van der Waals surface area contributed by atoms with Gasteiger partial charge in [0.25, 0.3) is 0 Å². The number of nitrogens with zero attached hydrogens (tertiary/aromatic N) is 1. The third kappa shape index (κ3) is 3.31. The number of rotatable bonds is 5. The Bertz CT molecular complexity index is 493. The lowest BCUT2D eigenvalue weighted by molar-refractivity contribution is -0.140. The molecule has 0 unspecified atom stereocenters. The van der Waals surface area contributed by atoms with E-state index in [0.717, 1.165) is 5.69 Å². The van der Waals surface area contributed by atoms with Crippen molar-refractivity contribution in [3.8, 4) is 0 Å². The molecule has 0 saturated heterocycles. The average molecular weight is 250 g/mol. The Labute approximate surface area is 104 Å². The normalized spacial score (nSPS) is 9.67. The molecule has 6 nitrogen and oxygen atoms in total. The standard InChI is InChI=1S/C12H14N2O4/c1-3-8(10(11(15)16)12(17)18)14-9-6-4-5-7(2)13-9/h4-6H,3H2,1-2H3,(H,13,14)(H,15,16)(H,17,18). The number of carboxylic acid groups (broad SMARTS) is 2. The molecule has 3 N–H and O–H groups in total. The van der Waals surface area contributed by atoms with Crippen LogP contribution in [0.5, 0.6) is 0 Å². The highest BCUT2D eigenvalue weighted by Crippen LogP contribution is 2.14. The van der Waals surface area contributed by atoms with Crippen molar-refractivity contribution in [2.24, 2.45) is 0 Å². The van der Waals surface area contributed by atoms with Crippen molar-refractivity contribution in [1.82, 2.24) is 4.98 Å². The largest absolute Gasteiger partial charge is 0.477 e. The quantitative estimate of drug-likeness (QED) is 0.417. The number of allylic oxidation sites excluding steroid dienone is 1. The second kappa shape index (κ2) is 5.81. The molecule has 18 heavy (non-hydrogen) atoms. The van der Waals surface area contributed by atoms with Crippen LogP contribution in [-0.2, 0) is 9.59 Å². The first kappa shape index (κ1) is 13.7. The smallest absolute Gasteiger partial charge is 0.344 e. The third-order valence-corrected chi connectivity index (χ3v) is 2.25. The Balaban J connectivity index is 3.14. The van der Waals surface area contributed by atoms with Crippen LogP contribution in [0.15, 0.2) is 29.5 Å². The first-order valence-electron chi connectivity index (χ1n) is 5.36. The van der Waals surface area contributed by atoms with E-state index < -0.39 is 17.5 Å². The summed E-state index contributed by atoms with van der Waals surface area (Å²) in [5, 5.41) is 20.5. The first-order chi connectivity index (χ1) is 8.45. The van der Waals surface area contributed by atoms with Gasteiger partial charge in [0, 0.05) is 11.4 Å². The first-order valence-corrected chi connectivity index (χ1v) is 5.36. The van der Waals surface area contributed by atoms with E-state index in [4.69, 9.17) is 10.2 Å². The number of carboxylic acids is 2. The van der Waals surface area contributed by atoms with E-state index in [1.54, 1.807) is 32.0 Å². The van der Waals surface area contributed by atoms with Gasteiger partial charge in [0.1, 0.15) is 5.82 Å². The zero-order valence-electron chi connectivity index (χ0n) is 10.1. The molecule has 0 saturated carbocycles. The van der Waals surface area contributed by atoms with Crippen LogP contribution in [-0.4, -0.2) is 27.1 Å². The SMILES string of the molecule is CCC(Nc1cccc(C)n1)=C(C(=O)O)C(=O)O. The summed E-state index contributed by atoms with van der Waals surface area (Å²) < 4.78 is 0. The van der Waals surface area contributed by atoms with Crippen LogP contribution in [0.25, 0.3) is 0 Å². The number of anilines is 1. The topological polar surface area (TPSA) is 99.5 Å². The lowest BCUT2D eigenvalue weighted by atomic mass is 10.1. The Kier molecular flexibility index (Phi) is 4.42. The van der Waals surface area contributed by atoms with Gasteiger partial charge >= 0.3 is 11.9 Å². The lowest BCUT2D eigenvalue weighted by Crippen LogP contribution is -2.18. The summed E-state index contributed by atoms with van der Waals surface area (Å²) >= 11 is 0. The highest BCUT2D eigenvalue weighted by Gasteiger charge is 2.21. The minimum atomic E-state index is -1.47. The number of aromatic nitrogens is 1. The van der Waals surface area contributed by atoms with Crippen molar-refractivity contribution in [1.29, 1.82) is 0 Å². The third-order valence-electron chi connectivity index (χ3n) is 2.25. The molecule has 0 aliphatic heterocycles. The average Bonchev–Trinajstić information content (AvgIpc) is 2.27. The Morgan fingerprint density at radius 3 is 2.33 bits per heavy atom. The van der Waals surface area contributed by atoms with Gasteiger partial charge in [0.2, 0.25) is 0 Å². The van der Waals surface area contributed by atoms with Gasteiger partial charge in [-0.1, -0.05) is 13.0 Å². The zero-order chi connectivity index (χ0) is 13.7. The van der Waals surface area contributed by atoms with E-state index in [-0.39, 0.29) is 12.1 Å². The summed E-state index contributed by atoms with van der Waals surface area (Å²) in [6.07, 6.45) is 0.254. The van der Waals surface area contributed by atoms with Gasteiger partial charge in [-0.05, 0) is 25.5 Å². The van der Waals surface area contributed by atoms with Gasteiger partial charge in [-0.3, -0.25) is 0 Å². The van der Waals surface area contributed by atoms with Gasteiger partial charge < -0.3 is 15.5 Å². The summed E-state index contributed by atoms with van der Waals surface area (Å²) in [7, 11) is 0. The van der Waals surface area contributed by atoms with Crippen molar-refractivity contribution < 1.29 is 19.8 Å². The molecule has 0 spiro atoms. The van der Waals surface area contributed by atoms with Crippen molar-refractivity contribution in [2.45, 2.75) is 20.3 Å². The molecule has 0 aliphatic carbocycles. The number of hydrogen-bond donors (Lipinski definition) is 3. The van der Waals surface area contributed by atoms with Crippen LogP contribution in [0.4, 0.5) is 5.82 Å². The van der Waals surface area contributed by atoms with E-state index in [1.165, 1.54) is 0 Å². The molecule has 0 radical (unpaired) electrons. The Morgan fingerprint density at radius 1 is 1.28 bits per heavy atom. The fourth-order valence-corrected chi connectivity index (χ4v) is 1.44. The highest BCUT2D eigenvalue weighted by molar-refractivity contribution is 6.13. The van der Waals surface area contributed by atoms with Crippen LogP contribution in [0.3, 0.4) is 0 Å². The summed E-state index contributed by atoms with van der Waals surface area (Å²) in [6, 6.07) is 5.18. The summed E-state index contributed by atoms with van der Waals surface area (Å²) in [5.41, 5.74) is 0.205. The molecular formula is C12H14N2O4. The number of aliphatic carboxylic acids is 2. The van der Waals surface area contributed by atoms with Crippen molar-refractivity contribution in [3.05, 3.63) is 35.2 Å². The Morgan fingerprint density at radius 2 is 1.89 bits per heavy atom. The monoisotopic (exact) mass is 250 g/mol. The zero-order valence-corrected chi connectivity index (χ0v) is 10.1. The molecule has 0 atom stereocenters. The maximum Gasteiger partial charge on any atom is 0.344 e. The molecular weight excluding hydrogens is 236 g/mol. The molecule has 1 rings (SSSR count). The van der Waals surface area contributed by atoms with E-state index in [2.05, 4.69) is 10.3 Å². The van der Waals surface area contributed by atoms with E-state index in [0.29, 0.717) is 5.82 Å². The number of nitrogens with one attached hydrogen (secondary N) is 1. The summed E-state index contributed by atoms with van der Waals surface area (Å²) in [4.78, 5) is 25.9. The molecule has 1 heterocycles. The summed E-state index contributed by atoms with van der Waals surface area (Å²) in [5.74, 6) is -2.52. The second-order valence-electron chi connectivity index (χ2n) is 3.61. The van der Waals surface area contributed by atoms with Crippen LogP contribution in [0, 0.1) is 6.92 Å². The lowest BCUT2D eigenvalue weighted by Gasteiger charge is -2.10. The number of aryl methyl sites for hydroxylation is 1. The Hall–Kier alpha value is -2.37. The minimum absolute atomic E-state index is 0.119. The molecule has 96 valence electrons. The maximum atomic E-state index is 10.9. The number of pyridine rings is 1. The van der Waals surface area contributed by atoms with Crippen molar-refractivity contribution in [2.75, 3.05) is 5.32 Å². The van der Waals surface area contributed by atoms with E-state index in [9.17, 15) is 9.59 Å². The van der Waals surface area contributed by atoms with Gasteiger partial charge in [0.05, 0.1) is 0 Å². The number of carbonyl (C=O) groups is 2. The molecule has 0 amide bonds. The van der Waals surface area contributed by atoms with E-state index in [1.807, 2.05) is 0 Å². The predicted octanol–water partition coefficient (Wildman–Crippen LogP) is 1.64. The fraction of sp³-hybridized carbons (Fsp3) is 0.250. The molecule has 0 aliphatic rings. The van der Waals surface area contributed by atoms with Gasteiger partial charge in [-0.15, -0.1) is 0 Å². The molecule has 1 aromatic rings. The van der Waals surface area contributed by atoms with Crippen LogP contribution in [0.2, 0.25) is 0 Å². The van der Waals surface area contributed by atoms with Crippen LogP contribution >= 0.6 is 0 Å². The van der Waals surface area contributed by atoms with Gasteiger partial charge in [0.15, 0.2) is 5.57 Å². The minimum Gasteiger partial charge on any atom is -0.477 e. The van der Waals surface area contributed by atoms with Crippen molar-refractivity contribution in [3.63, 3.8) is 0 Å². The van der Waals surface area contributed by atoms with Crippen molar-refractivity contribution >= 4 is 17.8 Å². The van der Waals surface area contributed by atoms with E-state index >= 15 is 0 Å². The highest BCUT2D eigenvalue weighted by atomic mass is 16.4. The summed E-state index contributed by atoms with van der Waals surface area (Å²) in [6.45, 7) is 3.46.